The number of aliphatic hydroxyl groups is 1. The summed E-state index contributed by atoms with van der Waals surface area (Å²) in [5.41, 5.74) is 3.70. The Hall–Kier alpha value is -1.43. The van der Waals surface area contributed by atoms with Crippen molar-refractivity contribution in [1.82, 2.24) is 10.3 Å². The van der Waals surface area contributed by atoms with Crippen molar-refractivity contribution in [2.45, 2.75) is 19.9 Å². The van der Waals surface area contributed by atoms with Crippen LogP contribution in [-0.4, -0.2) is 35.6 Å². The summed E-state index contributed by atoms with van der Waals surface area (Å²) < 4.78 is 0. The molecule has 0 saturated carbocycles. The van der Waals surface area contributed by atoms with E-state index in [2.05, 4.69) is 17.2 Å². The predicted octanol–water partition coefficient (Wildman–Crippen LogP) is 0.494. The summed E-state index contributed by atoms with van der Waals surface area (Å²) in [7, 11) is 0. The molecule has 0 spiro atoms. The Morgan fingerprint density at radius 3 is 2.78 bits per heavy atom. The fourth-order valence-corrected chi connectivity index (χ4v) is 1.84. The molecule has 5 nitrogen and oxygen atoms in total. The molecule has 0 aliphatic carbocycles. The molecule has 100 valence electrons. The Bertz CT molecular complexity index is 382. The van der Waals surface area contributed by atoms with E-state index in [1.54, 1.807) is 6.07 Å². The lowest BCUT2D eigenvalue weighted by Gasteiger charge is -2.21. The summed E-state index contributed by atoms with van der Waals surface area (Å²) >= 11 is 0. The van der Waals surface area contributed by atoms with Crippen LogP contribution in [0.1, 0.15) is 29.3 Å². The van der Waals surface area contributed by atoms with Crippen LogP contribution in [0.25, 0.3) is 0 Å². The van der Waals surface area contributed by atoms with Gasteiger partial charge in [-0.05, 0) is 24.6 Å². The van der Waals surface area contributed by atoms with Crippen molar-refractivity contribution in [2.75, 3.05) is 19.7 Å². The number of rotatable bonds is 7. The number of nitrogens with zero attached hydrogens (tertiary/aromatic N) is 1. The Morgan fingerprint density at radius 2 is 2.17 bits per heavy atom. The third-order valence-electron chi connectivity index (χ3n) is 2.87. The molecule has 1 amide bonds. The summed E-state index contributed by atoms with van der Waals surface area (Å²) in [6.07, 6.45) is 0.735. The molecule has 0 fully saturated rings. The third-order valence-corrected chi connectivity index (χ3v) is 2.87. The maximum atomic E-state index is 11.6. The first-order chi connectivity index (χ1) is 8.72. The van der Waals surface area contributed by atoms with Crippen LogP contribution in [0.3, 0.4) is 0 Å². The van der Waals surface area contributed by atoms with Gasteiger partial charge in [0, 0.05) is 25.3 Å². The summed E-state index contributed by atoms with van der Waals surface area (Å²) in [6, 6.07) is 7.41. The maximum Gasteiger partial charge on any atom is 0.265 e. The molecule has 18 heavy (non-hydrogen) atoms. The topological polar surface area (TPSA) is 78.6 Å². The number of nitrogens with one attached hydrogen (secondary N) is 1. The molecular weight excluding hydrogens is 230 g/mol. The summed E-state index contributed by atoms with van der Waals surface area (Å²) in [5, 5.41) is 8.85. The van der Waals surface area contributed by atoms with Crippen LogP contribution < -0.4 is 11.3 Å². The number of nitrogen functional groups attached to an aromatic ring is 1. The van der Waals surface area contributed by atoms with Crippen molar-refractivity contribution in [3.63, 3.8) is 0 Å². The van der Waals surface area contributed by atoms with Crippen LogP contribution in [-0.2, 0) is 6.54 Å². The monoisotopic (exact) mass is 251 g/mol. The number of hydrogen-bond acceptors (Lipinski definition) is 4. The molecule has 1 aromatic carbocycles. The van der Waals surface area contributed by atoms with Crippen molar-refractivity contribution >= 4 is 5.91 Å². The number of nitrogens with two attached hydrogens (primary N) is 1. The van der Waals surface area contributed by atoms with E-state index in [0.717, 1.165) is 25.1 Å². The molecule has 0 radical (unpaired) electrons. The lowest BCUT2D eigenvalue weighted by Crippen LogP contribution is -2.32. The quantitative estimate of drug-likeness (QED) is 0.374. The van der Waals surface area contributed by atoms with Gasteiger partial charge in [-0.15, -0.1) is 0 Å². The van der Waals surface area contributed by atoms with Crippen LogP contribution in [0.2, 0.25) is 0 Å². The van der Waals surface area contributed by atoms with Gasteiger partial charge in [0.25, 0.3) is 5.91 Å². The van der Waals surface area contributed by atoms with Gasteiger partial charge >= 0.3 is 0 Å². The maximum absolute atomic E-state index is 11.6. The molecule has 0 unspecified atom stereocenters. The number of aliphatic hydroxyl groups excluding tert-OH is 1. The standard InChI is InChI=1S/C13H21N3O2/c1-2-16(8-5-9-17)10-11-6-3-4-7-12(11)13(18)15-14/h3-4,6-7,17H,2,5,8-10,14H2,1H3,(H,15,18). The van der Waals surface area contributed by atoms with Gasteiger partial charge in [0.2, 0.25) is 0 Å². The lowest BCUT2D eigenvalue weighted by atomic mass is 10.1. The number of carbonyl (C=O) groups excluding carboxylic acids is 1. The van der Waals surface area contributed by atoms with Gasteiger partial charge in [-0.3, -0.25) is 15.1 Å². The summed E-state index contributed by atoms with van der Waals surface area (Å²) in [6.45, 7) is 4.61. The molecule has 0 atom stereocenters. The molecular formula is C13H21N3O2. The average Bonchev–Trinajstić information content (AvgIpc) is 2.43. The van der Waals surface area contributed by atoms with Crippen LogP contribution in [0, 0.1) is 0 Å². The zero-order chi connectivity index (χ0) is 13.4. The largest absolute Gasteiger partial charge is 0.396 e. The van der Waals surface area contributed by atoms with E-state index in [9.17, 15) is 4.79 Å². The van der Waals surface area contributed by atoms with Crippen LogP contribution in [0.5, 0.6) is 0 Å². The Kier molecular flexibility index (Phi) is 6.35. The van der Waals surface area contributed by atoms with Crippen LogP contribution in [0.15, 0.2) is 24.3 Å². The van der Waals surface area contributed by atoms with E-state index in [1.165, 1.54) is 0 Å². The third kappa shape index (κ3) is 4.10. The van der Waals surface area contributed by atoms with Crippen molar-refractivity contribution in [3.8, 4) is 0 Å². The van der Waals surface area contributed by atoms with E-state index in [0.29, 0.717) is 12.1 Å². The Balaban J connectivity index is 2.78. The number of hydrazine groups is 1. The van der Waals surface area contributed by atoms with E-state index in [1.807, 2.05) is 18.2 Å². The Labute approximate surface area is 108 Å². The van der Waals surface area contributed by atoms with Gasteiger partial charge in [-0.2, -0.15) is 0 Å². The molecule has 0 heterocycles. The van der Waals surface area contributed by atoms with Gasteiger partial charge in [0.1, 0.15) is 0 Å². The number of amides is 1. The minimum atomic E-state index is -0.274. The van der Waals surface area contributed by atoms with E-state index in [4.69, 9.17) is 10.9 Å². The van der Waals surface area contributed by atoms with E-state index in [-0.39, 0.29) is 12.5 Å². The van der Waals surface area contributed by atoms with Gasteiger partial charge in [-0.1, -0.05) is 25.1 Å². The van der Waals surface area contributed by atoms with Gasteiger partial charge in [-0.25, -0.2) is 5.84 Å². The zero-order valence-corrected chi connectivity index (χ0v) is 10.7. The number of hydrogen-bond donors (Lipinski definition) is 3. The molecule has 0 saturated heterocycles. The van der Waals surface area contributed by atoms with Gasteiger partial charge in [0.15, 0.2) is 0 Å². The first kappa shape index (κ1) is 14.6. The fraction of sp³-hybridized carbons (Fsp3) is 0.462. The summed E-state index contributed by atoms with van der Waals surface area (Å²) in [5.74, 6) is 4.90. The zero-order valence-electron chi connectivity index (χ0n) is 10.7. The fourth-order valence-electron chi connectivity index (χ4n) is 1.84. The minimum absolute atomic E-state index is 0.182. The smallest absolute Gasteiger partial charge is 0.265 e. The molecule has 1 rings (SSSR count). The SMILES string of the molecule is CCN(CCCO)Cc1ccccc1C(=O)NN. The highest BCUT2D eigenvalue weighted by atomic mass is 16.3. The highest BCUT2D eigenvalue weighted by molar-refractivity contribution is 5.95. The van der Waals surface area contributed by atoms with Crippen molar-refractivity contribution in [3.05, 3.63) is 35.4 Å². The first-order valence-corrected chi connectivity index (χ1v) is 6.15. The Morgan fingerprint density at radius 1 is 1.44 bits per heavy atom. The predicted molar refractivity (Wildman–Crippen MR) is 70.7 cm³/mol. The second-order valence-electron chi connectivity index (χ2n) is 4.08. The van der Waals surface area contributed by atoms with Crippen molar-refractivity contribution in [2.24, 2.45) is 5.84 Å². The molecule has 4 N–H and O–H groups in total. The van der Waals surface area contributed by atoms with Gasteiger partial charge < -0.3 is 5.11 Å². The molecule has 0 bridgehead atoms. The molecule has 0 aromatic heterocycles. The lowest BCUT2D eigenvalue weighted by molar-refractivity contribution is 0.0951. The van der Waals surface area contributed by atoms with Gasteiger partial charge in [0.05, 0.1) is 0 Å². The summed E-state index contributed by atoms with van der Waals surface area (Å²) in [4.78, 5) is 13.8. The normalized spacial score (nSPS) is 10.7. The van der Waals surface area contributed by atoms with E-state index < -0.39 is 0 Å². The number of carbonyl (C=O) groups is 1. The van der Waals surface area contributed by atoms with E-state index >= 15 is 0 Å². The van der Waals surface area contributed by atoms with Crippen molar-refractivity contribution < 1.29 is 9.90 Å². The number of benzene rings is 1. The highest BCUT2D eigenvalue weighted by Gasteiger charge is 2.11. The van der Waals surface area contributed by atoms with Crippen molar-refractivity contribution in [1.29, 1.82) is 0 Å². The average molecular weight is 251 g/mol. The second-order valence-corrected chi connectivity index (χ2v) is 4.08. The molecule has 1 aromatic rings. The first-order valence-electron chi connectivity index (χ1n) is 6.15. The van der Waals surface area contributed by atoms with Crippen LogP contribution >= 0.6 is 0 Å². The highest BCUT2D eigenvalue weighted by Crippen LogP contribution is 2.11. The molecule has 0 aliphatic heterocycles. The second kappa shape index (κ2) is 7.81. The minimum Gasteiger partial charge on any atom is -0.396 e. The molecule has 0 aliphatic rings. The van der Waals surface area contributed by atoms with Crippen LogP contribution in [0.4, 0.5) is 0 Å². The molecule has 5 heteroatoms.